The van der Waals surface area contributed by atoms with Gasteiger partial charge in [0.25, 0.3) is 5.91 Å². The summed E-state index contributed by atoms with van der Waals surface area (Å²) in [5.41, 5.74) is 3.71. The summed E-state index contributed by atoms with van der Waals surface area (Å²) in [6, 6.07) is 19.9. The maximum atomic E-state index is 12.5. The lowest BCUT2D eigenvalue weighted by Gasteiger charge is -2.12. The molecule has 2 N–H and O–H groups in total. The van der Waals surface area contributed by atoms with Gasteiger partial charge in [-0.15, -0.1) is 0 Å². The average Bonchev–Trinajstić information content (AvgIpc) is 3.21. The number of ether oxygens (including phenoxy) is 2. The molecule has 0 radical (unpaired) electrons. The molecule has 0 atom stereocenters. The third-order valence-corrected chi connectivity index (χ3v) is 6.19. The van der Waals surface area contributed by atoms with Crippen molar-refractivity contribution in [3.05, 3.63) is 93.9 Å². The number of carbonyl (C=O) groups excluding carboxylic acids is 1. The number of aryl methyl sites for hydroxylation is 1. The number of hydrogen-bond donors (Lipinski definition) is 2. The first-order valence-electron chi connectivity index (χ1n) is 11.0. The first-order valence-corrected chi connectivity index (χ1v) is 11.8. The summed E-state index contributed by atoms with van der Waals surface area (Å²) in [4.78, 5) is 28.7. The summed E-state index contributed by atoms with van der Waals surface area (Å²) in [5, 5.41) is 12.5. The Morgan fingerprint density at radius 1 is 1.06 bits per heavy atom. The molecule has 1 aliphatic heterocycles. The molecule has 1 fully saturated rings. The molecule has 178 valence electrons. The van der Waals surface area contributed by atoms with Crippen LogP contribution in [0.4, 0.5) is 5.69 Å². The second-order valence-electron chi connectivity index (χ2n) is 7.71. The molecule has 0 saturated carbocycles. The number of aliphatic imine (C=N–C) groups is 1. The molecule has 0 unspecified atom stereocenters. The molecule has 1 heterocycles. The maximum absolute atomic E-state index is 12.5. The topological polar surface area (TPSA) is 97.2 Å². The zero-order chi connectivity index (χ0) is 24.8. The minimum absolute atomic E-state index is 0.190. The van der Waals surface area contributed by atoms with Gasteiger partial charge in [0.15, 0.2) is 16.7 Å². The standard InChI is InChI=1S/C27H24N2O5S/c1-3-17-7-10-21(11-8-17)28-27-29-25(30)24(35-27)15-18-9-12-22(23(14-18)33-2)34-16-19-5-4-6-20(13-19)26(31)32/h4-15H,3,16H2,1-2H3,(H,31,32)(H,28,29,30). The molecule has 8 heteroatoms. The lowest BCUT2D eigenvalue weighted by Crippen LogP contribution is -2.19. The van der Waals surface area contributed by atoms with Crippen LogP contribution in [0, 0.1) is 0 Å². The fraction of sp³-hybridized carbons (Fsp3) is 0.148. The van der Waals surface area contributed by atoms with Crippen LogP contribution in [0.15, 0.2) is 76.6 Å². The molecule has 35 heavy (non-hydrogen) atoms. The Kier molecular flexibility index (Phi) is 7.52. The van der Waals surface area contributed by atoms with Crippen LogP contribution in [0.25, 0.3) is 6.08 Å². The molecule has 0 aliphatic carbocycles. The molecule has 1 saturated heterocycles. The molecule has 3 aromatic rings. The maximum Gasteiger partial charge on any atom is 0.335 e. The van der Waals surface area contributed by atoms with Crippen LogP contribution in [0.2, 0.25) is 0 Å². The van der Waals surface area contributed by atoms with Gasteiger partial charge in [-0.3, -0.25) is 4.79 Å². The number of benzene rings is 3. The van der Waals surface area contributed by atoms with Crippen LogP contribution in [0.1, 0.15) is 34.0 Å². The number of carboxylic acid groups (broad SMARTS) is 1. The first kappa shape index (κ1) is 24.1. The number of nitrogens with zero attached hydrogens (tertiary/aromatic N) is 1. The number of carboxylic acids is 1. The Morgan fingerprint density at radius 3 is 2.57 bits per heavy atom. The molecule has 0 spiro atoms. The summed E-state index contributed by atoms with van der Waals surface area (Å²) in [6.45, 7) is 2.29. The van der Waals surface area contributed by atoms with Crippen molar-refractivity contribution in [2.45, 2.75) is 20.0 Å². The fourth-order valence-electron chi connectivity index (χ4n) is 3.40. The van der Waals surface area contributed by atoms with Gasteiger partial charge in [-0.05, 0) is 77.3 Å². The van der Waals surface area contributed by atoms with Crippen molar-refractivity contribution >= 4 is 40.6 Å². The molecule has 4 rings (SSSR count). The molecular weight excluding hydrogens is 464 g/mol. The Balaban J connectivity index is 1.46. The largest absolute Gasteiger partial charge is 0.493 e. The number of rotatable bonds is 8. The predicted molar refractivity (Wildman–Crippen MR) is 137 cm³/mol. The van der Waals surface area contributed by atoms with Gasteiger partial charge in [0.05, 0.1) is 23.3 Å². The van der Waals surface area contributed by atoms with E-state index in [-0.39, 0.29) is 18.1 Å². The van der Waals surface area contributed by atoms with Gasteiger partial charge in [-0.1, -0.05) is 37.3 Å². The highest BCUT2D eigenvalue weighted by Gasteiger charge is 2.24. The third kappa shape index (κ3) is 6.10. The van der Waals surface area contributed by atoms with Crippen molar-refractivity contribution in [2.75, 3.05) is 7.11 Å². The number of hydrogen-bond acceptors (Lipinski definition) is 6. The Hall–Kier alpha value is -4.04. The second kappa shape index (κ2) is 10.9. The first-order chi connectivity index (χ1) is 16.9. The van der Waals surface area contributed by atoms with E-state index in [0.717, 1.165) is 23.2 Å². The van der Waals surface area contributed by atoms with E-state index in [1.165, 1.54) is 30.5 Å². The lowest BCUT2D eigenvalue weighted by molar-refractivity contribution is -0.115. The van der Waals surface area contributed by atoms with E-state index < -0.39 is 5.97 Å². The van der Waals surface area contributed by atoms with Gasteiger partial charge in [-0.2, -0.15) is 0 Å². The Bertz CT molecular complexity index is 1320. The van der Waals surface area contributed by atoms with E-state index in [0.29, 0.717) is 21.6 Å². The lowest BCUT2D eigenvalue weighted by atomic mass is 10.1. The molecule has 0 bridgehead atoms. The number of amides is 1. The average molecular weight is 489 g/mol. The van der Waals surface area contributed by atoms with E-state index in [4.69, 9.17) is 14.6 Å². The SMILES string of the molecule is CCc1ccc(N=C2NC(=O)C(=Cc3ccc(OCc4cccc(C(=O)O)c4)c(OC)c3)S2)cc1. The number of nitrogens with one attached hydrogen (secondary N) is 1. The van der Waals surface area contributed by atoms with Gasteiger partial charge < -0.3 is 19.9 Å². The van der Waals surface area contributed by atoms with Crippen LogP contribution in [-0.4, -0.2) is 29.3 Å². The predicted octanol–water partition coefficient (Wildman–Crippen LogP) is 5.43. The smallest absolute Gasteiger partial charge is 0.335 e. The quantitative estimate of drug-likeness (QED) is 0.411. The zero-order valence-corrected chi connectivity index (χ0v) is 20.1. The van der Waals surface area contributed by atoms with Gasteiger partial charge in [0, 0.05) is 0 Å². The number of carbonyl (C=O) groups is 2. The van der Waals surface area contributed by atoms with Crippen molar-refractivity contribution in [3.63, 3.8) is 0 Å². The molecule has 1 amide bonds. The van der Waals surface area contributed by atoms with Crippen LogP contribution in [0.5, 0.6) is 11.5 Å². The van der Waals surface area contributed by atoms with Crippen molar-refractivity contribution in [1.82, 2.24) is 5.32 Å². The minimum Gasteiger partial charge on any atom is -0.493 e. The minimum atomic E-state index is -0.988. The second-order valence-corrected chi connectivity index (χ2v) is 8.74. The van der Waals surface area contributed by atoms with Gasteiger partial charge in [0.2, 0.25) is 0 Å². The van der Waals surface area contributed by atoms with E-state index in [2.05, 4.69) is 17.2 Å². The van der Waals surface area contributed by atoms with E-state index in [1.54, 1.807) is 36.4 Å². The van der Waals surface area contributed by atoms with E-state index in [1.807, 2.05) is 30.3 Å². The van der Waals surface area contributed by atoms with Crippen LogP contribution >= 0.6 is 11.8 Å². The van der Waals surface area contributed by atoms with Gasteiger partial charge >= 0.3 is 5.97 Å². The molecular formula is C27H24N2O5S. The zero-order valence-electron chi connectivity index (χ0n) is 19.3. The monoisotopic (exact) mass is 488 g/mol. The number of amidine groups is 1. The van der Waals surface area contributed by atoms with Crippen molar-refractivity contribution < 1.29 is 24.2 Å². The van der Waals surface area contributed by atoms with E-state index >= 15 is 0 Å². The Morgan fingerprint density at radius 2 is 1.86 bits per heavy atom. The number of aromatic carboxylic acids is 1. The fourth-order valence-corrected chi connectivity index (χ4v) is 4.25. The van der Waals surface area contributed by atoms with Crippen molar-refractivity contribution in [3.8, 4) is 11.5 Å². The van der Waals surface area contributed by atoms with Crippen LogP contribution < -0.4 is 14.8 Å². The summed E-state index contributed by atoms with van der Waals surface area (Å²) in [7, 11) is 1.54. The normalized spacial score (nSPS) is 15.3. The Labute approximate surface area is 207 Å². The van der Waals surface area contributed by atoms with Crippen LogP contribution in [-0.2, 0) is 17.8 Å². The molecule has 1 aliphatic rings. The van der Waals surface area contributed by atoms with Crippen molar-refractivity contribution in [2.24, 2.45) is 4.99 Å². The van der Waals surface area contributed by atoms with E-state index in [9.17, 15) is 9.59 Å². The highest BCUT2D eigenvalue weighted by molar-refractivity contribution is 8.18. The molecule has 0 aromatic heterocycles. The highest BCUT2D eigenvalue weighted by Crippen LogP contribution is 2.32. The highest BCUT2D eigenvalue weighted by atomic mass is 32.2. The molecule has 7 nitrogen and oxygen atoms in total. The van der Waals surface area contributed by atoms with Gasteiger partial charge in [0.1, 0.15) is 6.61 Å². The summed E-state index contributed by atoms with van der Waals surface area (Å²) in [6.07, 6.45) is 2.73. The van der Waals surface area contributed by atoms with Crippen molar-refractivity contribution in [1.29, 1.82) is 0 Å². The number of thioether (sulfide) groups is 1. The van der Waals surface area contributed by atoms with Crippen LogP contribution in [0.3, 0.4) is 0 Å². The number of methoxy groups -OCH3 is 1. The third-order valence-electron chi connectivity index (χ3n) is 5.28. The summed E-state index contributed by atoms with van der Waals surface area (Å²) >= 11 is 1.28. The summed E-state index contributed by atoms with van der Waals surface area (Å²) < 4.78 is 11.3. The molecule has 3 aromatic carbocycles. The summed E-state index contributed by atoms with van der Waals surface area (Å²) in [5.74, 6) is -0.187. The van der Waals surface area contributed by atoms with Gasteiger partial charge in [-0.25, -0.2) is 9.79 Å².